The van der Waals surface area contributed by atoms with Gasteiger partial charge in [0.05, 0.1) is 19.8 Å². The Bertz CT molecular complexity index is 373. The number of carboxylic acid groups (broad SMARTS) is 1. The molecule has 0 aromatic carbocycles. The van der Waals surface area contributed by atoms with Crippen molar-refractivity contribution in [2.45, 2.75) is 12.0 Å². The third-order valence-electron chi connectivity index (χ3n) is 5.21. The van der Waals surface area contributed by atoms with E-state index in [0.717, 1.165) is 65.6 Å². The second kappa shape index (κ2) is 7.23. The first-order valence-electron chi connectivity index (χ1n) is 8.29. The number of aliphatic carboxylic acids is 1. The number of rotatable bonds is 5. The Morgan fingerprint density at radius 3 is 2.09 bits per heavy atom. The molecular weight excluding hydrogens is 286 g/mol. The fourth-order valence-electron chi connectivity index (χ4n) is 3.61. The van der Waals surface area contributed by atoms with Crippen LogP contribution in [0.1, 0.15) is 6.42 Å². The van der Waals surface area contributed by atoms with Gasteiger partial charge in [0, 0.05) is 65.4 Å². The first-order valence-corrected chi connectivity index (χ1v) is 8.29. The van der Waals surface area contributed by atoms with E-state index in [1.165, 1.54) is 0 Å². The summed E-state index contributed by atoms with van der Waals surface area (Å²) in [5.41, 5.74) is -0.781. The van der Waals surface area contributed by atoms with Crippen LogP contribution in [0.2, 0.25) is 0 Å². The highest BCUT2D eigenvalue weighted by Crippen LogP contribution is 2.27. The molecule has 0 aromatic rings. The first-order chi connectivity index (χ1) is 10.7. The van der Waals surface area contributed by atoms with Crippen LogP contribution < -0.4 is 0 Å². The Kier molecular flexibility index (Phi) is 5.30. The summed E-state index contributed by atoms with van der Waals surface area (Å²) < 4.78 is 10.7. The molecule has 1 unspecified atom stereocenters. The van der Waals surface area contributed by atoms with Crippen LogP contribution in [-0.4, -0.2) is 110 Å². The molecule has 0 bridgehead atoms. The number of carboxylic acids is 1. The Balaban J connectivity index is 1.44. The van der Waals surface area contributed by atoms with Gasteiger partial charge in [-0.1, -0.05) is 0 Å². The van der Waals surface area contributed by atoms with E-state index < -0.39 is 11.5 Å². The molecule has 3 fully saturated rings. The van der Waals surface area contributed by atoms with Gasteiger partial charge in [-0.2, -0.15) is 0 Å². The van der Waals surface area contributed by atoms with Crippen molar-refractivity contribution < 1.29 is 19.4 Å². The van der Waals surface area contributed by atoms with Crippen LogP contribution in [0.15, 0.2) is 0 Å². The Hall–Kier alpha value is -0.730. The summed E-state index contributed by atoms with van der Waals surface area (Å²) in [4.78, 5) is 18.7. The van der Waals surface area contributed by atoms with Crippen molar-refractivity contribution in [3.63, 3.8) is 0 Å². The number of ether oxygens (including phenoxy) is 2. The first kappa shape index (κ1) is 16.1. The largest absolute Gasteiger partial charge is 0.480 e. The standard InChI is InChI=1S/C15H27N3O4/c19-14(20)15(1-10-22-13-15)18-6-4-16(5-7-18)2-3-17-8-11-21-12-9-17/h1-13H2,(H,19,20). The van der Waals surface area contributed by atoms with Gasteiger partial charge >= 0.3 is 5.97 Å². The minimum atomic E-state index is -0.781. The molecule has 0 saturated carbocycles. The smallest absolute Gasteiger partial charge is 0.326 e. The Morgan fingerprint density at radius 2 is 1.55 bits per heavy atom. The highest BCUT2D eigenvalue weighted by molar-refractivity contribution is 5.79. The molecule has 22 heavy (non-hydrogen) atoms. The van der Waals surface area contributed by atoms with Crippen molar-refractivity contribution in [1.82, 2.24) is 14.7 Å². The van der Waals surface area contributed by atoms with Crippen molar-refractivity contribution in [1.29, 1.82) is 0 Å². The molecule has 1 atom stereocenters. The highest BCUT2D eigenvalue weighted by atomic mass is 16.5. The van der Waals surface area contributed by atoms with Crippen LogP contribution in [0.3, 0.4) is 0 Å². The lowest BCUT2D eigenvalue weighted by molar-refractivity contribution is -0.153. The zero-order valence-electron chi connectivity index (χ0n) is 13.2. The summed E-state index contributed by atoms with van der Waals surface area (Å²) in [7, 11) is 0. The topological polar surface area (TPSA) is 65.5 Å². The monoisotopic (exact) mass is 313 g/mol. The predicted octanol–water partition coefficient (Wildman–Crippen LogP) is -0.820. The summed E-state index contributed by atoms with van der Waals surface area (Å²) in [6.45, 7) is 10.3. The molecule has 0 spiro atoms. The van der Waals surface area contributed by atoms with Gasteiger partial charge in [-0.05, 0) is 0 Å². The fourth-order valence-corrected chi connectivity index (χ4v) is 3.61. The Morgan fingerprint density at radius 1 is 0.909 bits per heavy atom. The average molecular weight is 313 g/mol. The van der Waals surface area contributed by atoms with Crippen LogP contribution in [-0.2, 0) is 14.3 Å². The van der Waals surface area contributed by atoms with Gasteiger partial charge in [-0.3, -0.25) is 19.5 Å². The van der Waals surface area contributed by atoms with Crippen molar-refractivity contribution in [2.24, 2.45) is 0 Å². The van der Waals surface area contributed by atoms with Crippen molar-refractivity contribution >= 4 is 5.97 Å². The van der Waals surface area contributed by atoms with E-state index >= 15 is 0 Å². The van der Waals surface area contributed by atoms with E-state index in [0.29, 0.717) is 19.6 Å². The molecule has 0 amide bonds. The number of morpholine rings is 1. The molecule has 3 saturated heterocycles. The van der Waals surface area contributed by atoms with E-state index in [1.54, 1.807) is 0 Å². The normalized spacial score (nSPS) is 32.4. The molecule has 3 aliphatic heterocycles. The van der Waals surface area contributed by atoms with Gasteiger partial charge in [-0.25, -0.2) is 0 Å². The van der Waals surface area contributed by atoms with Crippen molar-refractivity contribution in [2.75, 3.05) is 78.8 Å². The molecular formula is C15H27N3O4. The summed E-state index contributed by atoms with van der Waals surface area (Å²) in [5.74, 6) is -0.730. The van der Waals surface area contributed by atoms with Gasteiger partial charge in [0.2, 0.25) is 0 Å². The molecule has 1 N–H and O–H groups in total. The molecule has 7 nitrogen and oxygen atoms in total. The van der Waals surface area contributed by atoms with Crippen LogP contribution in [0, 0.1) is 0 Å². The molecule has 3 aliphatic rings. The van der Waals surface area contributed by atoms with E-state index in [9.17, 15) is 9.90 Å². The average Bonchev–Trinajstić information content (AvgIpc) is 3.05. The van der Waals surface area contributed by atoms with Gasteiger partial charge in [0.25, 0.3) is 0 Å². The van der Waals surface area contributed by atoms with Gasteiger partial charge in [0.15, 0.2) is 0 Å². The Labute approximate surface area is 131 Å². The van der Waals surface area contributed by atoms with Gasteiger partial charge < -0.3 is 14.6 Å². The number of carbonyl (C=O) groups is 1. The van der Waals surface area contributed by atoms with Gasteiger partial charge in [-0.15, -0.1) is 0 Å². The number of hydrogen-bond acceptors (Lipinski definition) is 6. The lowest BCUT2D eigenvalue weighted by Gasteiger charge is -2.43. The number of hydrogen-bond donors (Lipinski definition) is 1. The maximum Gasteiger partial charge on any atom is 0.326 e. The second-order valence-electron chi connectivity index (χ2n) is 6.42. The molecule has 0 radical (unpaired) electrons. The number of nitrogens with zero attached hydrogens (tertiary/aromatic N) is 3. The van der Waals surface area contributed by atoms with E-state index in [4.69, 9.17) is 9.47 Å². The van der Waals surface area contributed by atoms with E-state index in [1.807, 2.05) is 0 Å². The summed E-state index contributed by atoms with van der Waals surface area (Å²) in [6, 6.07) is 0. The fraction of sp³-hybridized carbons (Fsp3) is 0.933. The lowest BCUT2D eigenvalue weighted by Crippen LogP contribution is -2.61. The minimum Gasteiger partial charge on any atom is -0.480 e. The van der Waals surface area contributed by atoms with E-state index in [-0.39, 0.29) is 0 Å². The van der Waals surface area contributed by atoms with Gasteiger partial charge in [0.1, 0.15) is 5.54 Å². The third kappa shape index (κ3) is 3.44. The molecule has 3 heterocycles. The quantitative estimate of drug-likeness (QED) is 0.711. The lowest BCUT2D eigenvalue weighted by atomic mass is 9.95. The SMILES string of the molecule is O=C(O)C1(N2CCN(CCN3CCOCC3)CC2)CCOC1. The zero-order valence-corrected chi connectivity index (χ0v) is 13.2. The highest BCUT2D eigenvalue weighted by Gasteiger charge is 2.48. The third-order valence-corrected chi connectivity index (χ3v) is 5.21. The van der Waals surface area contributed by atoms with Crippen LogP contribution in [0.4, 0.5) is 0 Å². The molecule has 7 heteroatoms. The molecule has 126 valence electrons. The van der Waals surface area contributed by atoms with Crippen molar-refractivity contribution in [3.05, 3.63) is 0 Å². The molecule has 0 aliphatic carbocycles. The summed E-state index contributed by atoms with van der Waals surface area (Å²) in [6.07, 6.45) is 0.607. The zero-order chi connectivity index (χ0) is 15.4. The van der Waals surface area contributed by atoms with E-state index in [2.05, 4.69) is 14.7 Å². The summed E-state index contributed by atoms with van der Waals surface area (Å²) >= 11 is 0. The van der Waals surface area contributed by atoms with Crippen LogP contribution >= 0.6 is 0 Å². The van der Waals surface area contributed by atoms with Crippen LogP contribution in [0.25, 0.3) is 0 Å². The maximum absolute atomic E-state index is 11.7. The van der Waals surface area contributed by atoms with Crippen LogP contribution in [0.5, 0.6) is 0 Å². The summed E-state index contributed by atoms with van der Waals surface area (Å²) in [5, 5.41) is 9.60. The predicted molar refractivity (Wildman–Crippen MR) is 81.1 cm³/mol. The molecule has 3 rings (SSSR count). The number of piperazine rings is 1. The van der Waals surface area contributed by atoms with Crippen molar-refractivity contribution in [3.8, 4) is 0 Å². The second-order valence-corrected chi connectivity index (χ2v) is 6.42. The molecule has 0 aromatic heterocycles. The minimum absolute atomic E-state index is 0.329. The maximum atomic E-state index is 11.7.